The third-order valence-corrected chi connectivity index (χ3v) is 3.60. The van der Waals surface area contributed by atoms with E-state index in [4.69, 9.17) is 0 Å². The van der Waals surface area contributed by atoms with Crippen LogP contribution in [0.25, 0.3) is 0 Å². The van der Waals surface area contributed by atoms with Crippen LogP contribution in [0.15, 0.2) is 12.1 Å². The van der Waals surface area contributed by atoms with E-state index in [1.165, 1.54) is 0 Å². The summed E-state index contributed by atoms with van der Waals surface area (Å²) in [6, 6.07) is 1.42. The third-order valence-electron chi connectivity index (χ3n) is 3.60. The van der Waals surface area contributed by atoms with Crippen molar-refractivity contribution in [1.29, 1.82) is 0 Å². The second-order valence-corrected chi connectivity index (χ2v) is 5.14. The standard InChI is InChI=1S/C13H16F2N2O2/c1-8-2-4-10(5-3-8)16-13-11(15)6-9(14)7-12(13)17(18)19/h6-8,10,16H,2-5H2,1H3. The van der Waals surface area contributed by atoms with Crippen molar-refractivity contribution in [2.75, 3.05) is 5.32 Å². The molecule has 1 aliphatic rings. The van der Waals surface area contributed by atoms with E-state index in [1.54, 1.807) is 0 Å². The Balaban J connectivity index is 2.21. The second kappa shape index (κ2) is 5.50. The molecule has 0 atom stereocenters. The molecule has 1 fully saturated rings. The minimum absolute atomic E-state index is 0.00913. The molecule has 0 radical (unpaired) electrons. The SMILES string of the molecule is CC1CCC(Nc2c(F)cc(F)cc2[N+](=O)[O-])CC1. The summed E-state index contributed by atoms with van der Waals surface area (Å²) in [7, 11) is 0. The Hall–Kier alpha value is -1.72. The van der Waals surface area contributed by atoms with Gasteiger partial charge < -0.3 is 5.32 Å². The average Bonchev–Trinajstić information content (AvgIpc) is 2.34. The minimum atomic E-state index is -0.938. The highest BCUT2D eigenvalue weighted by atomic mass is 19.1. The number of hydrogen-bond acceptors (Lipinski definition) is 3. The number of nitrogens with zero attached hydrogens (tertiary/aromatic N) is 1. The summed E-state index contributed by atoms with van der Waals surface area (Å²) < 4.78 is 26.7. The number of halogens is 2. The molecular formula is C13H16F2N2O2. The lowest BCUT2D eigenvalue weighted by atomic mass is 9.87. The fraction of sp³-hybridized carbons (Fsp3) is 0.538. The molecule has 1 aliphatic carbocycles. The topological polar surface area (TPSA) is 55.2 Å². The van der Waals surface area contributed by atoms with Gasteiger partial charge in [0.2, 0.25) is 0 Å². The fourth-order valence-corrected chi connectivity index (χ4v) is 2.46. The van der Waals surface area contributed by atoms with Gasteiger partial charge in [0.1, 0.15) is 11.5 Å². The van der Waals surface area contributed by atoms with E-state index in [-0.39, 0.29) is 11.7 Å². The van der Waals surface area contributed by atoms with Crippen LogP contribution in [0.3, 0.4) is 0 Å². The maximum absolute atomic E-state index is 13.7. The molecule has 0 aromatic heterocycles. The van der Waals surface area contributed by atoms with Crippen LogP contribution in [0.5, 0.6) is 0 Å². The van der Waals surface area contributed by atoms with E-state index >= 15 is 0 Å². The van der Waals surface area contributed by atoms with E-state index in [2.05, 4.69) is 12.2 Å². The molecule has 0 bridgehead atoms. The zero-order chi connectivity index (χ0) is 14.0. The van der Waals surface area contributed by atoms with Crippen LogP contribution < -0.4 is 5.32 Å². The number of hydrogen-bond donors (Lipinski definition) is 1. The first-order valence-electron chi connectivity index (χ1n) is 6.37. The van der Waals surface area contributed by atoms with Crippen molar-refractivity contribution >= 4 is 11.4 Å². The van der Waals surface area contributed by atoms with Gasteiger partial charge in [0.05, 0.1) is 11.0 Å². The van der Waals surface area contributed by atoms with Gasteiger partial charge in [0.15, 0.2) is 5.82 Å². The van der Waals surface area contributed by atoms with Crippen molar-refractivity contribution < 1.29 is 13.7 Å². The summed E-state index contributed by atoms with van der Waals surface area (Å²) in [4.78, 5) is 10.1. The van der Waals surface area contributed by atoms with Crippen molar-refractivity contribution in [2.45, 2.75) is 38.6 Å². The Morgan fingerprint density at radius 3 is 2.47 bits per heavy atom. The van der Waals surface area contributed by atoms with Crippen LogP contribution in [0.2, 0.25) is 0 Å². The van der Waals surface area contributed by atoms with Crippen LogP contribution in [-0.2, 0) is 0 Å². The fourth-order valence-electron chi connectivity index (χ4n) is 2.46. The first-order valence-corrected chi connectivity index (χ1v) is 6.37. The molecule has 1 aromatic carbocycles. The Labute approximate surface area is 110 Å². The van der Waals surface area contributed by atoms with Gasteiger partial charge in [0.25, 0.3) is 5.69 Å². The van der Waals surface area contributed by atoms with Crippen molar-refractivity contribution in [2.24, 2.45) is 5.92 Å². The molecule has 19 heavy (non-hydrogen) atoms. The van der Waals surface area contributed by atoms with Crippen LogP contribution in [0.4, 0.5) is 20.2 Å². The quantitative estimate of drug-likeness (QED) is 0.670. The van der Waals surface area contributed by atoms with Gasteiger partial charge in [-0.2, -0.15) is 0 Å². The molecule has 2 rings (SSSR count). The first kappa shape index (κ1) is 13.7. The number of nitro groups is 1. The third kappa shape index (κ3) is 3.19. The predicted octanol–water partition coefficient (Wildman–Crippen LogP) is 3.86. The molecule has 1 N–H and O–H groups in total. The second-order valence-electron chi connectivity index (χ2n) is 5.14. The zero-order valence-electron chi connectivity index (χ0n) is 10.7. The molecule has 0 spiro atoms. The highest BCUT2D eigenvalue weighted by molar-refractivity contribution is 5.63. The Kier molecular flexibility index (Phi) is 3.97. The lowest BCUT2D eigenvalue weighted by Crippen LogP contribution is -2.26. The monoisotopic (exact) mass is 270 g/mol. The average molecular weight is 270 g/mol. The number of anilines is 1. The van der Waals surface area contributed by atoms with Gasteiger partial charge in [-0.15, -0.1) is 0 Å². The van der Waals surface area contributed by atoms with Crippen LogP contribution in [0.1, 0.15) is 32.6 Å². The molecule has 0 amide bonds. The van der Waals surface area contributed by atoms with Crippen molar-refractivity contribution in [3.63, 3.8) is 0 Å². The summed E-state index contributed by atoms with van der Waals surface area (Å²) in [5.41, 5.74) is -0.748. The van der Waals surface area contributed by atoms with Gasteiger partial charge in [-0.3, -0.25) is 10.1 Å². The van der Waals surface area contributed by atoms with E-state index in [1.807, 2.05) is 0 Å². The Morgan fingerprint density at radius 1 is 1.26 bits per heavy atom. The highest BCUT2D eigenvalue weighted by Crippen LogP contribution is 2.32. The smallest absolute Gasteiger partial charge is 0.298 e. The molecule has 0 unspecified atom stereocenters. The largest absolute Gasteiger partial charge is 0.374 e. The lowest BCUT2D eigenvalue weighted by molar-refractivity contribution is -0.384. The molecule has 0 saturated heterocycles. The Bertz CT molecular complexity index is 486. The summed E-state index contributed by atoms with van der Waals surface area (Å²) >= 11 is 0. The molecule has 0 heterocycles. The van der Waals surface area contributed by atoms with E-state index in [9.17, 15) is 18.9 Å². The van der Waals surface area contributed by atoms with Crippen LogP contribution in [-0.4, -0.2) is 11.0 Å². The van der Waals surface area contributed by atoms with Gasteiger partial charge in [-0.1, -0.05) is 6.92 Å². The van der Waals surface area contributed by atoms with Crippen molar-refractivity contribution in [3.05, 3.63) is 33.9 Å². The molecule has 6 heteroatoms. The van der Waals surface area contributed by atoms with E-state index < -0.39 is 22.2 Å². The van der Waals surface area contributed by atoms with Crippen LogP contribution in [0, 0.1) is 27.7 Å². The summed E-state index contributed by atoms with van der Waals surface area (Å²) in [5, 5.41) is 13.7. The molecule has 1 aromatic rings. The normalized spacial score (nSPS) is 23.1. The molecular weight excluding hydrogens is 254 g/mol. The predicted molar refractivity (Wildman–Crippen MR) is 68.1 cm³/mol. The highest BCUT2D eigenvalue weighted by Gasteiger charge is 2.25. The molecule has 104 valence electrons. The maximum atomic E-state index is 13.7. The Morgan fingerprint density at radius 2 is 1.89 bits per heavy atom. The number of nitrogens with one attached hydrogen (secondary N) is 1. The molecule has 4 nitrogen and oxygen atoms in total. The molecule has 1 saturated carbocycles. The minimum Gasteiger partial charge on any atom is -0.374 e. The number of nitro benzene ring substituents is 1. The summed E-state index contributed by atoms with van der Waals surface area (Å²) in [5.74, 6) is -1.22. The van der Waals surface area contributed by atoms with Crippen molar-refractivity contribution in [1.82, 2.24) is 0 Å². The number of rotatable bonds is 3. The van der Waals surface area contributed by atoms with Crippen molar-refractivity contribution in [3.8, 4) is 0 Å². The van der Waals surface area contributed by atoms with Gasteiger partial charge >= 0.3 is 0 Å². The first-order chi connectivity index (χ1) is 8.97. The maximum Gasteiger partial charge on any atom is 0.298 e. The zero-order valence-corrected chi connectivity index (χ0v) is 10.7. The lowest BCUT2D eigenvalue weighted by Gasteiger charge is -2.27. The molecule has 0 aliphatic heterocycles. The van der Waals surface area contributed by atoms with Gasteiger partial charge in [0, 0.05) is 12.1 Å². The summed E-state index contributed by atoms with van der Waals surface area (Å²) in [6.07, 6.45) is 3.70. The van der Waals surface area contributed by atoms with Gasteiger partial charge in [-0.25, -0.2) is 8.78 Å². The van der Waals surface area contributed by atoms with E-state index in [0.29, 0.717) is 12.0 Å². The number of benzene rings is 1. The summed E-state index contributed by atoms with van der Waals surface area (Å²) in [6.45, 7) is 2.15. The van der Waals surface area contributed by atoms with Crippen LogP contribution >= 0.6 is 0 Å². The van der Waals surface area contributed by atoms with E-state index in [0.717, 1.165) is 31.7 Å². The van der Waals surface area contributed by atoms with Gasteiger partial charge in [-0.05, 0) is 31.6 Å².